The first kappa shape index (κ1) is 15.5. The van der Waals surface area contributed by atoms with Crippen LogP contribution in [0.2, 0.25) is 0 Å². The first-order chi connectivity index (χ1) is 10.7. The van der Waals surface area contributed by atoms with Crippen molar-refractivity contribution < 1.29 is 14.6 Å². The normalized spacial score (nSPS) is 23.5. The molecule has 2 saturated heterocycles. The summed E-state index contributed by atoms with van der Waals surface area (Å²) in [5.74, 6) is 1.61. The van der Waals surface area contributed by atoms with Gasteiger partial charge in [0, 0.05) is 32.9 Å². The van der Waals surface area contributed by atoms with E-state index in [2.05, 4.69) is 14.9 Å². The van der Waals surface area contributed by atoms with Crippen LogP contribution in [0.3, 0.4) is 0 Å². The Morgan fingerprint density at radius 3 is 2.91 bits per heavy atom. The Balaban J connectivity index is 1.62. The van der Waals surface area contributed by atoms with E-state index >= 15 is 0 Å². The number of hydrogen-bond acceptors (Lipinski definition) is 7. The van der Waals surface area contributed by atoms with Gasteiger partial charge in [-0.05, 0) is 18.9 Å². The maximum atomic E-state index is 9.61. The number of hydrogen-bond donors (Lipinski definition) is 1. The number of aromatic nitrogens is 2. The monoisotopic (exact) mass is 308 g/mol. The van der Waals surface area contributed by atoms with E-state index in [1.165, 1.54) is 0 Å². The third-order valence-corrected chi connectivity index (χ3v) is 4.12. The molecule has 1 unspecified atom stereocenters. The molecule has 3 rings (SSSR count). The molecule has 1 aromatic rings. The van der Waals surface area contributed by atoms with E-state index in [4.69, 9.17) is 9.47 Å². The van der Waals surface area contributed by atoms with E-state index in [9.17, 15) is 5.11 Å². The third kappa shape index (κ3) is 3.85. The van der Waals surface area contributed by atoms with E-state index < -0.39 is 0 Å². The second-order valence-corrected chi connectivity index (χ2v) is 5.88. The molecule has 2 aliphatic rings. The minimum absolute atomic E-state index is 0.0659. The Hall–Kier alpha value is -1.44. The summed E-state index contributed by atoms with van der Waals surface area (Å²) in [6.45, 7) is 4.32. The van der Waals surface area contributed by atoms with Gasteiger partial charge in [0.25, 0.3) is 0 Å². The Morgan fingerprint density at radius 1 is 1.36 bits per heavy atom. The average Bonchev–Trinajstić information content (AvgIpc) is 2.56. The largest absolute Gasteiger partial charge is 0.393 e. The Morgan fingerprint density at radius 2 is 2.18 bits per heavy atom. The fourth-order valence-corrected chi connectivity index (χ4v) is 2.82. The molecule has 0 saturated carbocycles. The van der Waals surface area contributed by atoms with Crippen LogP contribution in [0.15, 0.2) is 12.3 Å². The highest BCUT2D eigenvalue weighted by molar-refractivity contribution is 5.43. The zero-order valence-electron chi connectivity index (χ0n) is 13.0. The van der Waals surface area contributed by atoms with Crippen LogP contribution < -0.4 is 9.80 Å². The lowest BCUT2D eigenvalue weighted by Crippen LogP contribution is -2.39. The molecule has 3 heterocycles. The van der Waals surface area contributed by atoms with Crippen LogP contribution in [0, 0.1) is 0 Å². The van der Waals surface area contributed by atoms with E-state index in [0.29, 0.717) is 32.3 Å². The van der Waals surface area contributed by atoms with Crippen molar-refractivity contribution in [2.24, 2.45) is 0 Å². The molecule has 0 spiro atoms. The van der Waals surface area contributed by atoms with Crippen molar-refractivity contribution in [3.63, 3.8) is 0 Å². The molecular weight excluding hydrogens is 284 g/mol. The van der Waals surface area contributed by atoms with Gasteiger partial charge < -0.3 is 24.4 Å². The van der Waals surface area contributed by atoms with Crippen LogP contribution in [-0.2, 0) is 9.47 Å². The van der Waals surface area contributed by atoms with Crippen LogP contribution >= 0.6 is 0 Å². The molecule has 0 bridgehead atoms. The minimum atomic E-state index is -0.177. The molecule has 2 aliphatic heterocycles. The van der Waals surface area contributed by atoms with Gasteiger partial charge in [-0.3, -0.25) is 0 Å². The topological polar surface area (TPSA) is 71.0 Å². The maximum absolute atomic E-state index is 9.61. The first-order valence-electron chi connectivity index (χ1n) is 7.89. The van der Waals surface area contributed by atoms with Crippen molar-refractivity contribution in [2.75, 3.05) is 56.3 Å². The van der Waals surface area contributed by atoms with E-state index in [-0.39, 0.29) is 12.2 Å². The van der Waals surface area contributed by atoms with Crippen LogP contribution in [0.5, 0.6) is 0 Å². The van der Waals surface area contributed by atoms with Gasteiger partial charge in [0.2, 0.25) is 5.95 Å². The number of aliphatic hydroxyl groups excluding tert-OH is 1. The lowest BCUT2D eigenvalue weighted by atomic mass is 10.1. The Kier molecular flexibility index (Phi) is 5.07. The second kappa shape index (κ2) is 7.21. The van der Waals surface area contributed by atoms with Crippen molar-refractivity contribution in [3.05, 3.63) is 12.3 Å². The van der Waals surface area contributed by atoms with E-state index in [0.717, 1.165) is 31.7 Å². The van der Waals surface area contributed by atoms with Gasteiger partial charge in [0.1, 0.15) is 5.82 Å². The number of rotatable bonds is 4. The molecule has 0 aliphatic carbocycles. The lowest BCUT2D eigenvalue weighted by molar-refractivity contribution is -0.0837. The molecule has 7 heteroatoms. The minimum Gasteiger partial charge on any atom is -0.393 e. The molecule has 0 amide bonds. The Bertz CT molecular complexity index is 474. The smallest absolute Gasteiger partial charge is 0.227 e. The van der Waals surface area contributed by atoms with Crippen molar-refractivity contribution >= 4 is 11.8 Å². The van der Waals surface area contributed by atoms with E-state index in [1.54, 1.807) is 6.20 Å². The molecule has 7 nitrogen and oxygen atoms in total. The summed E-state index contributed by atoms with van der Waals surface area (Å²) in [4.78, 5) is 13.2. The molecule has 0 radical (unpaired) electrons. The van der Waals surface area contributed by atoms with Crippen LogP contribution in [0.1, 0.15) is 12.8 Å². The predicted molar refractivity (Wildman–Crippen MR) is 83.3 cm³/mol. The Labute approximate surface area is 130 Å². The summed E-state index contributed by atoms with van der Waals surface area (Å²) in [5.41, 5.74) is 0. The summed E-state index contributed by atoms with van der Waals surface area (Å²) >= 11 is 0. The number of anilines is 2. The second-order valence-electron chi connectivity index (χ2n) is 5.88. The van der Waals surface area contributed by atoms with Gasteiger partial charge in [-0.15, -0.1) is 0 Å². The number of piperidine rings is 1. The van der Waals surface area contributed by atoms with Crippen LogP contribution in [0.25, 0.3) is 0 Å². The van der Waals surface area contributed by atoms with Gasteiger partial charge in [0.05, 0.1) is 32.0 Å². The van der Waals surface area contributed by atoms with Gasteiger partial charge >= 0.3 is 0 Å². The zero-order valence-corrected chi connectivity index (χ0v) is 13.0. The highest BCUT2D eigenvalue weighted by Gasteiger charge is 2.21. The molecular formula is C15H24N4O3. The summed E-state index contributed by atoms with van der Waals surface area (Å²) in [7, 11) is 1.97. The fraction of sp³-hybridized carbons (Fsp3) is 0.733. The summed E-state index contributed by atoms with van der Waals surface area (Å²) in [6.07, 6.45) is 3.27. The van der Waals surface area contributed by atoms with Crippen LogP contribution in [0.4, 0.5) is 11.8 Å². The summed E-state index contributed by atoms with van der Waals surface area (Å²) in [5, 5.41) is 9.61. The van der Waals surface area contributed by atoms with Gasteiger partial charge in [0.15, 0.2) is 0 Å². The third-order valence-electron chi connectivity index (χ3n) is 4.12. The van der Waals surface area contributed by atoms with Gasteiger partial charge in [-0.25, -0.2) is 4.98 Å². The maximum Gasteiger partial charge on any atom is 0.227 e. The van der Waals surface area contributed by atoms with Crippen molar-refractivity contribution in [2.45, 2.75) is 25.0 Å². The average molecular weight is 308 g/mol. The summed E-state index contributed by atoms with van der Waals surface area (Å²) in [6, 6.07) is 1.93. The highest BCUT2D eigenvalue weighted by atomic mass is 16.6. The number of likely N-dealkylation sites (N-methyl/N-ethyl adjacent to an activating group) is 1. The molecule has 1 N–H and O–H groups in total. The SMILES string of the molecule is CN(CC1COCCO1)c1nccc(N2CCC(O)CC2)n1. The van der Waals surface area contributed by atoms with Gasteiger partial charge in [-0.2, -0.15) is 4.98 Å². The quantitative estimate of drug-likeness (QED) is 0.857. The number of nitrogens with zero attached hydrogens (tertiary/aromatic N) is 4. The number of aliphatic hydroxyl groups is 1. The predicted octanol–water partition coefficient (Wildman–Crippen LogP) is 0.289. The van der Waals surface area contributed by atoms with Crippen molar-refractivity contribution in [3.8, 4) is 0 Å². The lowest BCUT2D eigenvalue weighted by Gasteiger charge is -2.31. The zero-order chi connectivity index (χ0) is 15.4. The summed E-state index contributed by atoms with van der Waals surface area (Å²) < 4.78 is 11.1. The standard InChI is InChI=1S/C15H24N4O3/c1-18(10-13-11-21-8-9-22-13)15-16-5-2-14(17-15)19-6-3-12(20)4-7-19/h2,5,12-13,20H,3-4,6-11H2,1H3. The molecule has 22 heavy (non-hydrogen) atoms. The molecule has 1 atom stereocenters. The number of ether oxygens (including phenoxy) is 2. The van der Waals surface area contributed by atoms with Crippen LogP contribution in [-0.4, -0.2) is 73.8 Å². The molecule has 122 valence electrons. The van der Waals surface area contributed by atoms with Gasteiger partial charge in [-0.1, -0.05) is 0 Å². The first-order valence-corrected chi connectivity index (χ1v) is 7.89. The molecule has 2 fully saturated rings. The molecule has 1 aromatic heterocycles. The highest BCUT2D eigenvalue weighted by Crippen LogP contribution is 2.19. The fourth-order valence-electron chi connectivity index (χ4n) is 2.82. The van der Waals surface area contributed by atoms with E-state index in [1.807, 2.05) is 18.0 Å². The van der Waals surface area contributed by atoms with Crippen molar-refractivity contribution in [1.29, 1.82) is 0 Å². The molecule has 0 aromatic carbocycles. The van der Waals surface area contributed by atoms with Crippen molar-refractivity contribution in [1.82, 2.24) is 9.97 Å².